The molecule has 0 N–H and O–H groups in total. The van der Waals surface area contributed by atoms with Crippen molar-refractivity contribution in [3.8, 4) is 0 Å². The van der Waals surface area contributed by atoms with Gasteiger partial charge in [-0.3, -0.25) is 0 Å². The van der Waals surface area contributed by atoms with Crippen molar-refractivity contribution in [3.63, 3.8) is 0 Å². The molecule has 0 aliphatic heterocycles. The van der Waals surface area contributed by atoms with E-state index < -0.39 is 0 Å². The molecular weight excluding hydrogens is 194 g/mol. The lowest BCUT2D eigenvalue weighted by molar-refractivity contribution is 0.627. The lowest BCUT2D eigenvalue weighted by Gasteiger charge is -2.01. The zero-order chi connectivity index (χ0) is 9.78. The third-order valence-electron chi connectivity index (χ3n) is 2.16. The molecule has 0 aromatic rings. The van der Waals surface area contributed by atoms with Crippen molar-refractivity contribution in [2.24, 2.45) is 0 Å². The van der Waals surface area contributed by atoms with E-state index in [2.05, 4.69) is 13.8 Å². The molecule has 0 saturated carbocycles. The van der Waals surface area contributed by atoms with E-state index in [0.717, 1.165) is 0 Å². The minimum atomic E-state index is 1.27. The molecular formula is C11H26P2. The lowest BCUT2D eigenvalue weighted by Crippen LogP contribution is -1.79. The molecule has 0 heterocycles. The van der Waals surface area contributed by atoms with Crippen molar-refractivity contribution >= 4 is 16.5 Å². The fourth-order valence-corrected chi connectivity index (χ4v) is 4.67. The summed E-state index contributed by atoms with van der Waals surface area (Å²) in [6.07, 6.45) is 13.1. The van der Waals surface area contributed by atoms with Gasteiger partial charge < -0.3 is 0 Å². The van der Waals surface area contributed by atoms with Gasteiger partial charge in [-0.05, 0) is 18.7 Å². The number of hydrogen-bond donors (Lipinski definition) is 0. The predicted octanol–water partition coefficient (Wildman–Crippen LogP) is 5.03. The Labute approximate surface area is 88.1 Å². The highest BCUT2D eigenvalue weighted by Crippen LogP contribution is 2.37. The van der Waals surface area contributed by atoms with Crippen LogP contribution in [0.4, 0.5) is 0 Å². The van der Waals surface area contributed by atoms with Crippen molar-refractivity contribution in [3.05, 3.63) is 0 Å². The average molecular weight is 220 g/mol. The molecule has 0 saturated heterocycles. The van der Waals surface area contributed by atoms with Crippen molar-refractivity contribution in [2.75, 3.05) is 12.3 Å². The molecule has 0 rings (SSSR count). The largest absolute Gasteiger partial charge is 0.0993 e. The van der Waals surface area contributed by atoms with Gasteiger partial charge >= 0.3 is 0 Å². The van der Waals surface area contributed by atoms with Gasteiger partial charge in [0.05, 0.1) is 0 Å². The minimum absolute atomic E-state index is 1.27. The minimum Gasteiger partial charge on any atom is -0.0993 e. The maximum absolute atomic E-state index is 2.29. The van der Waals surface area contributed by atoms with Crippen LogP contribution in [0.25, 0.3) is 0 Å². The lowest BCUT2D eigenvalue weighted by atomic mass is 10.1. The van der Waals surface area contributed by atoms with Gasteiger partial charge in [0, 0.05) is 0 Å². The van der Waals surface area contributed by atoms with Crippen LogP contribution in [0.1, 0.15) is 58.8 Å². The Kier molecular flexibility index (Phi) is 13.7. The maximum Gasteiger partial charge on any atom is -0.0317 e. The van der Waals surface area contributed by atoms with E-state index in [0.29, 0.717) is 0 Å². The van der Waals surface area contributed by atoms with Gasteiger partial charge in [-0.1, -0.05) is 68.9 Å². The molecule has 0 aromatic heterocycles. The molecule has 2 heteroatoms. The maximum atomic E-state index is 2.29. The first-order valence-corrected chi connectivity index (χ1v) is 9.29. The molecule has 2 atom stereocenters. The Morgan fingerprint density at radius 3 is 1.92 bits per heavy atom. The summed E-state index contributed by atoms with van der Waals surface area (Å²) in [5.74, 6) is 0. The second-order valence-corrected chi connectivity index (χ2v) is 7.45. The molecule has 0 aliphatic rings. The van der Waals surface area contributed by atoms with Crippen LogP contribution in [-0.2, 0) is 0 Å². The summed E-state index contributed by atoms with van der Waals surface area (Å²) in [6, 6.07) is 0. The fraction of sp³-hybridized carbons (Fsp3) is 1.00. The van der Waals surface area contributed by atoms with Crippen molar-refractivity contribution < 1.29 is 0 Å². The summed E-state index contributed by atoms with van der Waals surface area (Å²) in [5, 5.41) is 0. The first kappa shape index (κ1) is 13.9. The zero-order valence-corrected chi connectivity index (χ0v) is 11.4. The van der Waals surface area contributed by atoms with Crippen molar-refractivity contribution in [1.29, 1.82) is 0 Å². The number of unbranched alkanes of at least 4 members (excludes halogenated alkanes) is 5. The standard InChI is InChI=1S/C11H26P2/c1-3-5-6-7-8-9-11-13-12-10-4-2/h12-13H,3-11H2,1-2H3. The van der Waals surface area contributed by atoms with Crippen molar-refractivity contribution in [1.82, 2.24) is 0 Å². The van der Waals surface area contributed by atoms with E-state index in [1.165, 1.54) is 73.8 Å². The molecule has 2 unspecified atom stereocenters. The van der Waals surface area contributed by atoms with E-state index in [1.54, 1.807) is 0 Å². The first-order chi connectivity index (χ1) is 6.41. The summed E-state index contributed by atoms with van der Waals surface area (Å²) in [5.41, 5.74) is 0. The second kappa shape index (κ2) is 12.9. The van der Waals surface area contributed by atoms with Crippen LogP contribution in [0.2, 0.25) is 0 Å². The van der Waals surface area contributed by atoms with Gasteiger partial charge in [-0.15, -0.1) is 0 Å². The molecule has 0 fully saturated rings. The van der Waals surface area contributed by atoms with Gasteiger partial charge in [0.25, 0.3) is 0 Å². The van der Waals surface area contributed by atoms with Gasteiger partial charge in [0.2, 0.25) is 0 Å². The molecule has 0 aromatic carbocycles. The Morgan fingerprint density at radius 2 is 1.23 bits per heavy atom. The highest BCUT2D eigenvalue weighted by atomic mass is 32.0. The monoisotopic (exact) mass is 220 g/mol. The van der Waals surface area contributed by atoms with Crippen LogP contribution < -0.4 is 0 Å². The van der Waals surface area contributed by atoms with Crippen LogP contribution in [0, 0.1) is 0 Å². The van der Waals surface area contributed by atoms with Crippen LogP contribution in [0.15, 0.2) is 0 Å². The van der Waals surface area contributed by atoms with Crippen LogP contribution >= 0.6 is 16.5 Å². The average Bonchev–Trinajstić information content (AvgIpc) is 2.16. The zero-order valence-electron chi connectivity index (χ0n) is 9.36. The molecule has 80 valence electrons. The summed E-state index contributed by atoms with van der Waals surface area (Å²) in [4.78, 5) is 0. The third kappa shape index (κ3) is 12.9. The third-order valence-corrected chi connectivity index (χ3v) is 6.01. The highest BCUT2D eigenvalue weighted by Gasteiger charge is 1.90. The number of rotatable bonds is 10. The summed E-state index contributed by atoms with van der Waals surface area (Å²) >= 11 is 0. The van der Waals surface area contributed by atoms with Crippen LogP contribution in [0.5, 0.6) is 0 Å². The highest BCUT2D eigenvalue weighted by molar-refractivity contribution is 8.11. The van der Waals surface area contributed by atoms with E-state index in [9.17, 15) is 0 Å². The molecule has 0 bridgehead atoms. The summed E-state index contributed by atoms with van der Waals surface area (Å²) in [6.45, 7) is 4.58. The molecule has 0 nitrogen and oxygen atoms in total. The van der Waals surface area contributed by atoms with Crippen LogP contribution in [0.3, 0.4) is 0 Å². The Hall–Kier alpha value is 0.860. The van der Waals surface area contributed by atoms with Gasteiger partial charge in [0.1, 0.15) is 0 Å². The van der Waals surface area contributed by atoms with Gasteiger partial charge in [-0.25, -0.2) is 0 Å². The number of hydrogen-bond acceptors (Lipinski definition) is 0. The Balaban J connectivity index is 2.76. The van der Waals surface area contributed by atoms with Gasteiger partial charge in [-0.2, -0.15) is 0 Å². The smallest absolute Gasteiger partial charge is 0.0317 e. The first-order valence-electron chi connectivity index (χ1n) is 5.87. The molecule has 0 radical (unpaired) electrons. The fourth-order valence-electron chi connectivity index (χ4n) is 1.30. The molecule has 13 heavy (non-hydrogen) atoms. The normalized spacial score (nSPS) is 12.5. The molecule has 0 spiro atoms. The Morgan fingerprint density at radius 1 is 0.615 bits per heavy atom. The second-order valence-electron chi connectivity index (χ2n) is 3.62. The van der Waals surface area contributed by atoms with E-state index in [4.69, 9.17) is 0 Å². The van der Waals surface area contributed by atoms with E-state index >= 15 is 0 Å². The summed E-state index contributed by atoms with van der Waals surface area (Å²) in [7, 11) is 2.55. The van der Waals surface area contributed by atoms with E-state index in [-0.39, 0.29) is 0 Å². The van der Waals surface area contributed by atoms with Gasteiger partial charge in [0.15, 0.2) is 0 Å². The quantitative estimate of drug-likeness (QED) is 0.358. The van der Waals surface area contributed by atoms with Crippen LogP contribution in [-0.4, -0.2) is 12.3 Å². The molecule has 0 aliphatic carbocycles. The molecule has 0 amide bonds. The van der Waals surface area contributed by atoms with E-state index in [1.807, 2.05) is 0 Å². The topological polar surface area (TPSA) is 0 Å². The predicted molar refractivity (Wildman–Crippen MR) is 70.0 cm³/mol. The summed E-state index contributed by atoms with van der Waals surface area (Å²) < 4.78 is 0. The SMILES string of the molecule is CCCCCCCCPPCCC. The Bertz CT molecular complexity index is 74.2. The van der Waals surface area contributed by atoms with Crippen molar-refractivity contribution in [2.45, 2.75) is 58.8 Å².